The topological polar surface area (TPSA) is 86.9 Å². The molecule has 0 saturated carbocycles. The first-order chi connectivity index (χ1) is 15.5. The summed E-state index contributed by atoms with van der Waals surface area (Å²) in [4.78, 5) is 17.5. The van der Waals surface area contributed by atoms with Crippen LogP contribution in [0.5, 0.6) is 0 Å². The molecule has 2 atom stereocenters. The van der Waals surface area contributed by atoms with Gasteiger partial charge in [-0.05, 0) is 43.1 Å². The van der Waals surface area contributed by atoms with Gasteiger partial charge in [0.2, 0.25) is 5.91 Å². The molecular weight excluding hydrogens is 483 g/mol. The maximum Gasteiger partial charge on any atom is 0.363 e. The molecule has 1 heterocycles. The Morgan fingerprint density at radius 3 is 2.42 bits per heavy atom. The summed E-state index contributed by atoms with van der Waals surface area (Å²) in [6.07, 6.45) is 2.33. The molecule has 1 aliphatic heterocycles. The summed E-state index contributed by atoms with van der Waals surface area (Å²) in [7, 11) is 4.81. The minimum absolute atomic E-state index is 0.00633. The molecule has 0 bridgehead atoms. The number of nitrogens with zero attached hydrogens (tertiary/aromatic N) is 3. The zero-order valence-electron chi connectivity index (χ0n) is 19.1. The van der Waals surface area contributed by atoms with Crippen molar-refractivity contribution in [2.45, 2.75) is 25.3 Å². The molecule has 10 heteroatoms. The van der Waals surface area contributed by atoms with E-state index in [1.807, 2.05) is 30.3 Å². The number of anilines is 1. The molecule has 2 aromatic carbocycles. The number of nitrogens with two attached hydrogens (primary N) is 1. The van der Waals surface area contributed by atoms with Crippen LogP contribution < -0.4 is 9.62 Å². The molecule has 1 aliphatic rings. The summed E-state index contributed by atoms with van der Waals surface area (Å²) in [5.74, 6) is -0.130. The third-order valence-electron chi connectivity index (χ3n) is 6.27. The molecule has 0 aliphatic carbocycles. The minimum Gasteiger partial charge on any atom is -0.394 e. The fraction of sp³-hybridized carbons (Fsp3) is 0.435. The average Bonchev–Trinajstić information content (AvgIpc) is 3.29. The van der Waals surface area contributed by atoms with E-state index in [9.17, 15) is 13.6 Å². The standard InChI is InChI=1S/C23H30Cl2N4O3S/c1-27(19(15-28-11-7-8-12-28)16-9-5-4-6-10-16)20(30)14-17-13-18(24)21(25)23(22(17)26)29(2,3)33(31)32/h4-6,9-10,13,19H,7-8,11-12,14-15,26H2,1-3H3/p+1/t19-/m1/s1. The molecule has 7 nitrogen and oxygen atoms in total. The zero-order valence-corrected chi connectivity index (χ0v) is 21.5. The molecule has 1 amide bonds. The second-order valence-corrected chi connectivity index (χ2v) is 11.0. The number of likely N-dealkylation sites (N-methyl/N-ethyl adjacent to an activating group) is 1. The van der Waals surface area contributed by atoms with Crippen molar-refractivity contribution in [1.29, 1.82) is 0 Å². The van der Waals surface area contributed by atoms with Gasteiger partial charge < -0.3 is 15.5 Å². The Balaban J connectivity index is 1.91. The molecule has 1 unspecified atom stereocenters. The van der Waals surface area contributed by atoms with Crippen molar-refractivity contribution in [2.75, 3.05) is 46.5 Å². The number of halogens is 2. The van der Waals surface area contributed by atoms with E-state index < -0.39 is 15.2 Å². The Kier molecular flexibility index (Phi) is 8.42. The molecule has 1 saturated heterocycles. The lowest BCUT2D eigenvalue weighted by molar-refractivity contribution is -0.131. The van der Waals surface area contributed by atoms with Crippen molar-refractivity contribution in [1.82, 2.24) is 13.7 Å². The first kappa shape index (κ1) is 25.9. The smallest absolute Gasteiger partial charge is 0.363 e. The number of hydrogen-bond donors (Lipinski definition) is 2. The fourth-order valence-electron chi connectivity index (χ4n) is 4.23. The zero-order chi connectivity index (χ0) is 24.3. The van der Waals surface area contributed by atoms with Gasteiger partial charge in [0.25, 0.3) is 0 Å². The largest absolute Gasteiger partial charge is 0.394 e. The van der Waals surface area contributed by atoms with Crippen LogP contribution in [0, 0.1) is 0 Å². The van der Waals surface area contributed by atoms with E-state index in [4.69, 9.17) is 28.9 Å². The molecule has 0 spiro atoms. The molecule has 180 valence electrons. The van der Waals surface area contributed by atoms with Gasteiger partial charge in [0, 0.05) is 13.6 Å². The monoisotopic (exact) mass is 513 g/mol. The van der Waals surface area contributed by atoms with Crippen molar-refractivity contribution in [2.24, 2.45) is 0 Å². The van der Waals surface area contributed by atoms with Crippen LogP contribution in [0.25, 0.3) is 0 Å². The highest BCUT2D eigenvalue weighted by Gasteiger charge is 2.35. The summed E-state index contributed by atoms with van der Waals surface area (Å²) >= 11 is 10.4. The highest BCUT2D eigenvalue weighted by molar-refractivity contribution is 7.78. The average molecular weight is 514 g/mol. The van der Waals surface area contributed by atoms with E-state index in [0.717, 1.165) is 25.2 Å². The number of carbonyl (C=O) groups is 1. The maximum absolute atomic E-state index is 13.4. The Morgan fingerprint density at radius 2 is 1.85 bits per heavy atom. The normalized spacial score (nSPS) is 16.5. The van der Waals surface area contributed by atoms with Gasteiger partial charge >= 0.3 is 11.3 Å². The SMILES string of the molecule is CN(C(=O)Cc1cc(Cl)c(Cl)c([N+](C)(C)S(=O)O)c1N)[C@H](CN1CCCC1)c1ccccc1. The molecule has 3 rings (SSSR count). The van der Waals surface area contributed by atoms with Crippen molar-refractivity contribution < 1.29 is 13.6 Å². The molecule has 33 heavy (non-hydrogen) atoms. The highest BCUT2D eigenvalue weighted by atomic mass is 35.5. The van der Waals surface area contributed by atoms with Gasteiger partial charge in [-0.15, -0.1) is 0 Å². The van der Waals surface area contributed by atoms with Crippen LogP contribution in [0.1, 0.15) is 30.0 Å². The first-order valence-electron chi connectivity index (χ1n) is 10.8. The van der Waals surface area contributed by atoms with Crippen LogP contribution in [0.15, 0.2) is 36.4 Å². The number of amides is 1. The number of likely N-dealkylation sites (tertiary alicyclic amines) is 1. The summed E-state index contributed by atoms with van der Waals surface area (Å²) in [6, 6.07) is 11.4. The van der Waals surface area contributed by atoms with Crippen LogP contribution in [0.4, 0.5) is 11.4 Å². The molecule has 0 aromatic heterocycles. The highest BCUT2D eigenvalue weighted by Crippen LogP contribution is 2.43. The van der Waals surface area contributed by atoms with E-state index in [0.29, 0.717) is 5.56 Å². The predicted octanol–water partition coefficient (Wildman–Crippen LogP) is 4.12. The molecule has 1 fully saturated rings. The Labute approximate surface area is 208 Å². The van der Waals surface area contributed by atoms with E-state index in [2.05, 4.69) is 4.90 Å². The Hall–Kier alpha value is -1.68. The summed E-state index contributed by atoms with van der Waals surface area (Å²) in [6.45, 7) is 2.81. The lowest BCUT2D eigenvalue weighted by Crippen LogP contribution is -2.43. The van der Waals surface area contributed by atoms with Gasteiger partial charge in [0.05, 0.1) is 31.6 Å². The van der Waals surface area contributed by atoms with Crippen molar-refractivity contribution >= 4 is 51.8 Å². The van der Waals surface area contributed by atoms with Gasteiger partial charge in [-0.3, -0.25) is 9.35 Å². The Bertz CT molecular complexity index is 1030. The summed E-state index contributed by atoms with van der Waals surface area (Å²) in [5.41, 5.74) is 8.30. The van der Waals surface area contributed by atoms with Crippen molar-refractivity contribution in [3.8, 4) is 0 Å². The first-order valence-corrected chi connectivity index (χ1v) is 12.6. The number of hydrogen-bond acceptors (Lipinski definition) is 4. The van der Waals surface area contributed by atoms with Crippen LogP contribution >= 0.6 is 23.2 Å². The van der Waals surface area contributed by atoms with Crippen LogP contribution in [-0.4, -0.2) is 65.2 Å². The van der Waals surface area contributed by atoms with E-state index in [-0.39, 0.29) is 39.8 Å². The number of carbonyl (C=O) groups excluding carboxylic acids is 1. The maximum atomic E-state index is 13.4. The van der Waals surface area contributed by atoms with E-state index >= 15 is 0 Å². The number of benzene rings is 2. The lowest BCUT2D eigenvalue weighted by Gasteiger charge is -2.32. The number of nitrogen functional groups attached to an aromatic ring is 1. The molecule has 0 radical (unpaired) electrons. The summed E-state index contributed by atoms with van der Waals surface area (Å²) < 4.78 is 21.2. The summed E-state index contributed by atoms with van der Waals surface area (Å²) in [5, 5.41) is 0.280. The van der Waals surface area contributed by atoms with Crippen LogP contribution in [-0.2, 0) is 22.5 Å². The quantitative estimate of drug-likeness (QED) is 0.315. The van der Waals surface area contributed by atoms with Crippen LogP contribution in [0.3, 0.4) is 0 Å². The molecular formula is C23H31Cl2N4O3S+. The second-order valence-electron chi connectivity index (χ2n) is 8.79. The lowest BCUT2D eigenvalue weighted by atomic mass is 10.0. The van der Waals surface area contributed by atoms with Crippen molar-refractivity contribution in [3.05, 3.63) is 57.6 Å². The third kappa shape index (κ3) is 5.70. The number of quaternary nitrogens is 1. The van der Waals surface area contributed by atoms with E-state index in [1.54, 1.807) is 18.0 Å². The predicted molar refractivity (Wildman–Crippen MR) is 137 cm³/mol. The molecule has 2 aromatic rings. The third-order valence-corrected chi connectivity index (χ3v) is 8.01. The number of rotatable bonds is 8. The van der Waals surface area contributed by atoms with E-state index in [1.165, 1.54) is 26.9 Å². The second kappa shape index (κ2) is 10.7. The van der Waals surface area contributed by atoms with Gasteiger partial charge in [0.1, 0.15) is 10.7 Å². The van der Waals surface area contributed by atoms with Gasteiger partial charge in [-0.25, -0.2) is 0 Å². The molecule has 3 N–H and O–H groups in total. The van der Waals surface area contributed by atoms with Crippen molar-refractivity contribution in [3.63, 3.8) is 0 Å². The van der Waals surface area contributed by atoms with Gasteiger partial charge in [-0.2, -0.15) is 8.10 Å². The van der Waals surface area contributed by atoms with Crippen LogP contribution in [0.2, 0.25) is 10.0 Å². The fourth-order valence-corrected chi connectivity index (χ4v) is 5.21. The van der Waals surface area contributed by atoms with Gasteiger partial charge in [-0.1, -0.05) is 53.5 Å². The van der Waals surface area contributed by atoms with Gasteiger partial charge in [0.15, 0.2) is 5.69 Å². The Morgan fingerprint density at radius 1 is 1.24 bits per heavy atom. The minimum atomic E-state index is -2.31.